The van der Waals surface area contributed by atoms with Crippen LogP contribution in [-0.2, 0) is 0 Å². The number of hydrogen-bond acceptors (Lipinski definition) is 2. The van der Waals surface area contributed by atoms with Crippen LogP contribution in [0.1, 0.15) is 19.3 Å². The van der Waals surface area contributed by atoms with E-state index in [0.29, 0.717) is 11.8 Å². The fraction of sp³-hybridized carbons (Fsp3) is 1.00. The van der Waals surface area contributed by atoms with Crippen molar-refractivity contribution in [1.29, 1.82) is 0 Å². The molecule has 0 unspecified atom stereocenters. The first-order valence-electron chi connectivity index (χ1n) is 6.24. The third-order valence-electron chi connectivity index (χ3n) is 4.50. The summed E-state index contributed by atoms with van der Waals surface area (Å²) in [6.45, 7) is 7.57. The molecule has 15 heavy (non-hydrogen) atoms. The number of rotatable bonds is 3. The Hall–Kier alpha value is 0.137. The maximum atomic E-state index is 10.1. The predicted molar refractivity (Wildman–Crippen MR) is 64.5 cm³/mol. The SMILES string of the molecule is C[Si](C)(C)[C@@H]1C[C@H](CCO)[C@H](O)[C@@H]2C[C@@H]21. The van der Waals surface area contributed by atoms with Gasteiger partial charge in [-0.05, 0) is 42.6 Å². The summed E-state index contributed by atoms with van der Waals surface area (Å²) >= 11 is 0. The molecule has 0 aromatic heterocycles. The van der Waals surface area contributed by atoms with Crippen molar-refractivity contribution in [2.45, 2.75) is 50.5 Å². The Balaban J connectivity index is 2.05. The van der Waals surface area contributed by atoms with Crippen molar-refractivity contribution in [2.24, 2.45) is 17.8 Å². The van der Waals surface area contributed by atoms with Crippen LogP contribution in [0, 0.1) is 17.8 Å². The first-order chi connectivity index (χ1) is 6.95. The number of aliphatic hydroxyl groups excluding tert-OH is 2. The lowest BCUT2D eigenvalue weighted by Crippen LogP contribution is -2.39. The van der Waals surface area contributed by atoms with Crippen LogP contribution in [0.3, 0.4) is 0 Å². The van der Waals surface area contributed by atoms with Crippen LogP contribution in [0.25, 0.3) is 0 Å². The van der Waals surface area contributed by atoms with E-state index in [0.717, 1.165) is 17.9 Å². The molecule has 88 valence electrons. The summed E-state index contributed by atoms with van der Waals surface area (Å²) in [5.41, 5.74) is 0.877. The van der Waals surface area contributed by atoms with Gasteiger partial charge in [0.2, 0.25) is 0 Å². The van der Waals surface area contributed by atoms with E-state index in [1.807, 2.05) is 0 Å². The van der Waals surface area contributed by atoms with Gasteiger partial charge in [0, 0.05) is 14.7 Å². The number of hydrogen-bond donors (Lipinski definition) is 2. The van der Waals surface area contributed by atoms with E-state index >= 15 is 0 Å². The molecule has 0 aliphatic heterocycles. The van der Waals surface area contributed by atoms with Crippen molar-refractivity contribution in [1.82, 2.24) is 0 Å². The largest absolute Gasteiger partial charge is 0.396 e. The Morgan fingerprint density at radius 3 is 2.33 bits per heavy atom. The second kappa shape index (κ2) is 3.86. The third kappa shape index (κ3) is 2.15. The second-order valence-corrected chi connectivity index (χ2v) is 12.0. The predicted octanol–water partition coefficient (Wildman–Crippen LogP) is 2.09. The summed E-state index contributed by atoms with van der Waals surface area (Å²) < 4.78 is 0. The molecule has 2 saturated carbocycles. The summed E-state index contributed by atoms with van der Waals surface area (Å²) in [6, 6.07) is 0. The highest BCUT2D eigenvalue weighted by Gasteiger charge is 2.56. The molecule has 2 rings (SSSR count). The van der Waals surface area contributed by atoms with Gasteiger partial charge in [0.25, 0.3) is 0 Å². The van der Waals surface area contributed by atoms with Gasteiger partial charge in [0.1, 0.15) is 0 Å². The van der Waals surface area contributed by atoms with Crippen molar-refractivity contribution < 1.29 is 10.2 Å². The molecule has 0 bridgehead atoms. The van der Waals surface area contributed by atoms with Gasteiger partial charge in [-0.1, -0.05) is 19.6 Å². The zero-order valence-corrected chi connectivity index (χ0v) is 11.1. The van der Waals surface area contributed by atoms with Gasteiger partial charge in [-0.15, -0.1) is 0 Å². The molecule has 0 aromatic rings. The first kappa shape index (κ1) is 11.6. The molecule has 2 aliphatic carbocycles. The smallest absolute Gasteiger partial charge is 0.0600 e. The highest BCUT2D eigenvalue weighted by atomic mass is 28.3. The van der Waals surface area contributed by atoms with Crippen LogP contribution in [0.2, 0.25) is 25.2 Å². The van der Waals surface area contributed by atoms with Crippen LogP contribution >= 0.6 is 0 Å². The van der Waals surface area contributed by atoms with Crippen molar-refractivity contribution in [3.8, 4) is 0 Å². The third-order valence-corrected chi connectivity index (χ3v) is 7.39. The average molecular weight is 228 g/mol. The molecule has 5 atom stereocenters. The number of fused-ring (bicyclic) bond motifs is 1. The highest BCUT2D eigenvalue weighted by molar-refractivity contribution is 6.77. The molecule has 0 amide bonds. The molecular weight excluding hydrogens is 204 g/mol. The van der Waals surface area contributed by atoms with Gasteiger partial charge >= 0.3 is 0 Å². The number of aliphatic hydroxyl groups is 2. The molecule has 2 nitrogen and oxygen atoms in total. The zero-order chi connectivity index (χ0) is 11.2. The van der Waals surface area contributed by atoms with Gasteiger partial charge in [-0.3, -0.25) is 0 Å². The fourth-order valence-corrected chi connectivity index (χ4v) is 6.21. The Bertz CT molecular complexity index is 236. The van der Waals surface area contributed by atoms with Crippen molar-refractivity contribution in [2.75, 3.05) is 6.61 Å². The molecule has 0 saturated heterocycles. The minimum atomic E-state index is -1.07. The van der Waals surface area contributed by atoms with E-state index in [2.05, 4.69) is 19.6 Å². The Morgan fingerprint density at radius 2 is 1.80 bits per heavy atom. The van der Waals surface area contributed by atoms with Crippen LogP contribution in [0.15, 0.2) is 0 Å². The van der Waals surface area contributed by atoms with E-state index in [-0.39, 0.29) is 12.7 Å². The Morgan fingerprint density at radius 1 is 1.13 bits per heavy atom. The molecule has 0 radical (unpaired) electrons. The monoisotopic (exact) mass is 228 g/mol. The van der Waals surface area contributed by atoms with E-state index < -0.39 is 8.07 Å². The average Bonchev–Trinajstić information content (AvgIpc) is 2.87. The van der Waals surface area contributed by atoms with Gasteiger partial charge < -0.3 is 10.2 Å². The quantitative estimate of drug-likeness (QED) is 0.726. The fourth-order valence-electron chi connectivity index (χ4n) is 3.53. The Labute approximate surface area is 93.7 Å². The second-order valence-electron chi connectivity index (χ2n) is 6.53. The summed E-state index contributed by atoms with van der Waals surface area (Å²) in [6.07, 6.45) is 3.09. The molecule has 2 fully saturated rings. The maximum absolute atomic E-state index is 10.1. The van der Waals surface area contributed by atoms with Gasteiger partial charge in [-0.2, -0.15) is 0 Å². The van der Waals surface area contributed by atoms with Crippen LogP contribution < -0.4 is 0 Å². The van der Waals surface area contributed by atoms with Gasteiger partial charge in [0.05, 0.1) is 6.10 Å². The molecule has 3 heteroatoms. The topological polar surface area (TPSA) is 40.5 Å². The summed E-state index contributed by atoms with van der Waals surface area (Å²) in [4.78, 5) is 0. The molecule has 2 N–H and O–H groups in total. The van der Waals surface area contributed by atoms with Crippen molar-refractivity contribution >= 4 is 8.07 Å². The normalized spacial score (nSPS) is 45.0. The molecule has 2 aliphatic rings. The lowest BCUT2D eigenvalue weighted by atomic mass is 9.84. The molecule has 0 aromatic carbocycles. The molecule has 0 heterocycles. The van der Waals surface area contributed by atoms with E-state index in [4.69, 9.17) is 5.11 Å². The Kier molecular flexibility index (Phi) is 2.99. The van der Waals surface area contributed by atoms with Crippen molar-refractivity contribution in [3.05, 3.63) is 0 Å². The molecule has 0 spiro atoms. The summed E-state index contributed by atoms with van der Waals surface area (Å²) in [5.74, 6) is 1.77. The van der Waals surface area contributed by atoms with Crippen molar-refractivity contribution in [3.63, 3.8) is 0 Å². The summed E-state index contributed by atoms with van der Waals surface area (Å²) in [5, 5.41) is 19.1. The van der Waals surface area contributed by atoms with Gasteiger partial charge in [0.15, 0.2) is 0 Å². The maximum Gasteiger partial charge on any atom is 0.0600 e. The minimum absolute atomic E-state index is 0.116. The van der Waals surface area contributed by atoms with Crippen LogP contribution in [0.5, 0.6) is 0 Å². The summed E-state index contributed by atoms with van der Waals surface area (Å²) in [7, 11) is -1.07. The van der Waals surface area contributed by atoms with E-state index in [9.17, 15) is 5.11 Å². The zero-order valence-electron chi connectivity index (χ0n) is 10.1. The molecular formula is C12H24O2Si. The van der Waals surface area contributed by atoms with E-state index in [1.54, 1.807) is 0 Å². The van der Waals surface area contributed by atoms with E-state index in [1.165, 1.54) is 12.8 Å². The lowest BCUT2D eigenvalue weighted by Gasteiger charge is -2.38. The standard InChI is InChI=1S/C12H24O2Si/c1-15(2,3)11-6-8(4-5-13)12(14)10-7-9(10)11/h8-14H,4-7H2,1-3H3/t8-,9-,10+,11+,12-/m0/s1. The lowest BCUT2D eigenvalue weighted by molar-refractivity contribution is 0.0430. The van der Waals surface area contributed by atoms with Gasteiger partial charge in [-0.25, -0.2) is 0 Å². The minimum Gasteiger partial charge on any atom is -0.396 e. The van der Waals surface area contributed by atoms with Crippen LogP contribution in [0.4, 0.5) is 0 Å². The first-order valence-corrected chi connectivity index (χ1v) is 9.82. The highest BCUT2D eigenvalue weighted by Crippen LogP contribution is 2.60. The van der Waals surface area contributed by atoms with Crippen LogP contribution in [-0.4, -0.2) is 31.0 Å².